The predicted octanol–water partition coefficient (Wildman–Crippen LogP) is 2.21. The number of para-hydroxylation sites is 1. The van der Waals surface area contributed by atoms with Crippen LogP contribution in [0.1, 0.15) is 21.5 Å². The average molecular weight is 256 g/mol. The van der Waals surface area contributed by atoms with Crippen molar-refractivity contribution >= 4 is 11.6 Å². The number of nitrogens with two attached hydrogens (primary N) is 1. The number of anilines is 1. The number of hydrogen-bond acceptors (Lipinski definition) is 3. The number of benzene rings is 2. The molecule has 4 nitrogen and oxygen atoms in total. The van der Waals surface area contributed by atoms with Gasteiger partial charge in [-0.15, -0.1) is 0 Å². The van der Waals surface area contributed by atoms with Crippen LogP contribution in [0.25, 0.3) is 0 Å². The van der Waals surface area contributed by atoms with Gasteiger partial charge in [-0.05, 0) is 30.7 Å². The fourth-order valence-corrected chi connectivity index (χ4v) is 1.83. The number of carbonyl (C=O) groups is 1. The van der Waals surface area contributed by atoms with E-state index in [9.17, 15) is 9.90 Å². The van der Waals surface area contributed by atoms with Gasteiger partial charge >= 0.3 is 0 Å². The predicted molar refractivity (Wildman–Crippen MR) is 74.9 cm³/mol. The van der Waals surface area contributed by atoms with Crippen molar-refractivity contribution in [3.8, 4) is 5.75 Å². The zero-order chi connectivity index (χ0) is 13.8. The molecule has 0 unspecified atom stereocenters. The summed E-state index contributed by atoms with van der Waals surface area (Å²) in [4.78, 5) is 12.1. The minimum atomic E-state index is -0.201. The van der Waals surface area contributed by atoms with Gasteiger partial charge in [0.2, 0.25) is 0 Å². The molecule has 2 rings (SSSR count). The lowest BCUT2D eigenvalue weighted by Gasteiger charge is -2.10. The van der Waals surface area contributed by atoms with E-state index in [2.05, 4.69) is 5.32 Å². The maximum Gasteiger partial charge on any atom is 0.251 e. The number of nitrogens with one attached hydrogen (secondary N) is 1. The van der Waals surface area contributed by atoms with Gasteiger partial charge in [0.25, 0.3) is 5.91 Å². The molecule has 0 aromatic heterocycles. The van der Waals surface area contributed by atoms with Gasteiger partial charge in [-0.1, -0.05) is 24.3 Å². The highest BCUT2D eigenvalue weighted by atomic mass is 16.3. The second-order valence-electron chi connectivity index (χ2n) is 4.33. The Morgan fingerprint density at radius 1 is 1.21 bits per heavy atom. The lowest BCUT2D eigenvalue weighted by molar-refractivity contribution is 0.0950. The first-order valence-electron chi connectivity index (χ1n) is 5.99. The summed E-state index contributed by atoms with van der Waals surface area (Å²) in [5.41, 5.74) is 8.35. The minimum absolute atomic E-state index is 0.173. The highest BCUT2D eigenvalue weighted by molar-refractivity contribution is 5.96. The Labute approximate surface area is 111 Å². The molecule has 2 aromatic carbocycles. The van der Waals surface area contributed by atoms with Gasteiger partial charge < -0.3 is 16.2 Å². The maximum atomic E-state index is 12.1. The molecule has 19 heavy (non-hydrogen) atoms. The first kappa shape index (κ1) is 13.0. The molecule has 0 spiro atoms. The summed E-state index contributed by atoms with van der Waals surface area (Å²) in [6, 6.07) is 12.1. The molecule has 0 atom stereocenters. The first-order valence-corrected chi connectivity index (χ1v) is 5.99. The molecule has 2 aromatic rings. The summed E-state index contributed by atoms with van der Waals surface area (Å²) in [6.45, 7) is 2.09. The van der Waals surface area contributed by atoms with Crippen molar-refractivity contribution in [1.82, 2.24) is 5.32 Å². The summed E-state index contributed by atoms with van der Waals surface area (Å²) in [7, 11) is 0. The van der Waals surface area contributed by atoms with Crippen LogP contribution >= 0.6 is 0 Å². The van der Waals surface area contributed by atoms with E-state index < -0.39 is 0 Å². The smallest absolute Gasteiger partial charge is 0.251 e. The molecule has 4 heteroatoms. The van der Waals surface area contributed by atoms with Crippen molar-refractivity contribution in [1.29, 1.82) is 0 Å². The molecule has 0 saturated heterocycles. The van der Waals surface area contributed by atoms with Crippen molar-refractivity contribution in [2.24, 2.45) is 0 Å². The standard InChI is InChI=1S/C15H16N2O2/c1-10-12(6-4-7-13(10)16)15(19)17-9-11-5-2-3-8-14(11)18/h2-8,18H,9,16H2,1H3,(H,17,19). The van der Waals surface area contributed by atoms with Crippen LogP contribution in [0.2, 0.25) is 0 Å². The van der Waals surface area contributed by atoms with Crippen molar-refractivity contribution in [3.05, 3.63) is 59.2 Å². The van der Waals surface area contributed by atoms with E-state index >= 15 is 0 Å². The molecule has 0 aliphatic heterocycles. The van der Waals surface area contributed by atoms with Crippen LogP contribution in [0.3, 0.4) is 0 Å². The van der Waals surface area contributed by atoms with Gasteiger partial charge in [0.15, 0.2) is 0 Å². The van der Waals surface area contributed by atoms with Crippen molar-refractivity contribution < 1.29 is 9.90 Å². The number of amides is 1. The van der Waals surface area contributed by atoms with Crippen LogP contribution in [0.15, 0.2) is 42.5 Å². The number of aromatic hydroxyl groups is 1. The second kappa shape index (κ2) is 5.44. The SMILES string of the molecule is Cc1c(N)cccc1C(=O)NCc1ccccc1O. The van der Waals surface area contributed by atoms with E-state index in [0.717, 1.165) is 5.56 Å². The van der Waals surface area contributed by atoms with Crippen LogP contribution in [0, 0.1) is 6.92 Å². The van der Waals surface area contributed by atoms with Crippen molar-refractivity contribution in [2.75, 3.05) is 5.73 Å². The van der Waals surface area contributed by atoms with E-state index in [-0.39, 0.29) is 18.2 Å². The molecule has 4 N–H and O–H groups in total. The highest BCUT2D eigenvalue weighted by Crippen LogP contribution is 2.17. The van der Waals surface area contributed by atoms with Crippen LogP contribution in [0.4, 0.5) is 5.69 Å². The van der Waals surface area contributed by atoms with Gasteiger partial charge in [-0.2, -0.15) is 0 Å². The van der Waals surface area contributed by atoms with E-state index in [1.165, 1.54) is 0 Å². The van der Waals surface area contributed by atoms with Gasteiger partial charge in [-0.25, -0.2) is 0 Å². The molecule has 0 radical (unpaired) electrons. The maximum absolute atomic E-state index is 12.1. The van der Waals surface area contributed by atoms with Crippen LogP contribution in [0.5, 0.6) is 5.75 Å². The lowest BCUT2D eigenvalue weighted by atomic mass is 10.1. The number of phenolic OH excluding ortho intramolecular Hbond substituents is 1. The number of hydrogen-bond donors (Lipinski definition) is 3. The third-order valence-electron chi connectivity index (χ3n) is 3.05. The highest BCUT2D eigenvalue weighted by Gasteiger charge is 2.10. The third kappa shape index (κ3) is 2.85. The zero-order valence-corrected chi connectivity index (χ0v) is 10.7. The Hall–Kier alpha value is -2.49. The molecule has 0 aliphatic carbocycles. The normalized spacial score (nSPS) is 10.2. The number of nitrogen functional groups attached to an aromatic ring is 1. The summed E-state index contributed by atoms with van der Waals surface area (Å²) in [5.74, 6) is -0.0276. The minimum Gasteiger partial charge on any atom is -0.508 e. The second-order valence-corrected chi connectivity index (χ2v) is 4.33. The zero-order valence-electron chi connectivity index (χ0n) is 10.7. The van der Waals surface area contributed by atoms with Crippen LogP contribution in [-0.2, 0) is 6.54 Å². The van der Waals surface area contributed by atoms with Crippen molar-refractivity contribution in [3.63, 3.8) is 0 Å². The van der Waals surface area contributed by atoms with Crippen LogP contribution in [-0.4, -0.2) is 11.0 Å². The Morgan fingerprint density at radius 2 is 1.95 bits per heavy atom. The van der Waals surface area contributed by atoms with E-state index in [1.54, 1.807) is 36.4 Å². The molecule has 0 heterocycles. The number of phenols is 1. The lowest BCUT2D eigenvalue weighted by Crippen LogP contribution is -2.23. The van der Waals surface area contributed by atoms with Crippen molar-refractivity contribution in [2.45, 2.75) is 13.5 Å². The fourth-order valence-electron chi connectivity index (χ4n) is 1.83. The largest absolute Gasteiger partial charge is 0.508 e. The topological polar surface area (TPSA) is 75.4 Å². The van der Waals surface area contributed by atoms with Gasteiger partial charge in [0.05, 0.1) is 0 Å². The average Bonchev–Trinajstić information content (AvgIpc) is 2.40. The Balaban J connectivity index is 2.10. The molecular formula is C15H16N2O2. The molecule has 98 valence electrons. The van der Waals surface area contributed by atoms with E-state index in [0.29, 0.717) is 16.8 Å². The van der Waals surface area contributed by atoms with Gasteiger partial charge in [0.1, 0.15) is 5.75 Å². The van der Waals surface area contributed by atoms with Gasteiger partial charge in [0, 0.05) is 23.4 Å². The summed E-state index contributed by atoms with van der Waals surface area (Å²) < 4.78 is 0. The molecule has 0 bridgehead atoms. The summed E-state index contributed by atoms with van der Waals surface area (Å²) >= 11 is 0. The van der Waals surface area contributed by atoms with Gasteiger partial charge in [-0.3, -0.25) is 4.79 Å². The molecule has 0 saturated carbocycles. The molecular weight excluding hydrogens is 240 g/mol. The molecule has 1 amide bonds. The quantitative estimate of drug-likeness (QED) is 0.737. The number of rotatable bonds is 3. The first-order chi connectivity index (χ1) is 9.09. The number of carbonyl (C=O) groups excluding carboxylic acids is 1. The molecule has 0 aliphatic rings. The Morgan fingerprint density at radius 3 is 2.68 bits per heavy atom. The Kier molecular flexibility index (Phi) is 3.71. The van der Waals surface area contributed by atoms with E-state index in [4.69, 9.17) is 5.73 Å². The molecule has 0 fully saturated rings. The summed E-state index contributed by atoms with van der Waals surface area (Å²) in [5, 5.41) is 12.4. The third-order valence-corrected chi connectivity index (χ3v) is 3.05. The summed E-state index contributed by atoms with van der Waals surface area (Å²) in [6.07, 6.45) is 0. The van der Waals surface area contributed by atoms with Crippen LogP contribution < -0.4 is 11.1 Å². The monoisotopic (exact) mass is 256 g/mol. The Bertz CT molecular complexity index is 609. The fraction of sp³-hybridized carbons (Fsp3) is 0.133. The van der Waals surface area contributed by atoms with E-state index in [1.807, 2.05) is 13.0 Å².